The molecule has 0 aliphatic carbocycles. The van der Waals surface area contributed by atoms with E-state index in [0.29, 0.717) is 5.92 Å². The molecule has 124 valence electrons. The van der Waals surface area contributed by atoms with Crippen LogP contribution in [0, 0.1) is 12.8 Å². The zero-order valence-corrected chi connectivity index (χ0v) is 13.8. The first-order valence-electron chi connectivity index (χ1n) is 8.39. The highest BCUT2D eigenvalue weighted by Crippen LogP contribution is 2.25. The fourth-order valence-corrected chi connectivity index (χ4v) is 3.20. The Morgan fingerprint density at radius 1 is 1.17 bits per heavy atom. The van der Waals surface area contributed by atoms with Crippen molar-refractivity contribution in [3.8, 4) is 5.88 Å². The van der Waals surface area contributed by atoms with Crippen LogP contribution in [0.5, 0.6) is 5.88 Å². The van der Waals surface area contributed by atoms with Crippen molar-refractivity contribution in [2.24, 2.45) is 5.92 Å². The molecule has 0 aromatic carbocycles. The molecule has 0 N–H and O–H groups in total. The minimum atomic E-state index is 0.563. The number of aromatic nitrogens is 4. The summed E-state index contributed by atoms with van der Waals surface area (Å²) in [6.07, 6.45) is 7.71. The molecule has 3 aromatic rings. The van der Waals surface area contributed by atoms with Crippen molar-refractivity contribution in [3.05, 3.63) is 48.5 Å². The van der Waals surface area contributed by atoms with E-state index in [2.05, 4.69) is 20.0 Å². The second-order valence-electron chi connectivity index (χ2n) is 6.27. The molecule has 4 rings (SSSR count). The lowest BCUT2D eigenvalue weighted by Crippen LogP contribution is -2.36. The maximum atomic E-state index is 5.87. The summed E-state index contributed by atoms with van der Waals surface area (Å²) in [6.45, 7) is 4.70. The molecule has 1 aliphatic heterocycles. The number of hydrogen-bond donors (Lipinski definition) is 0. The largest absolute Gasteiger partial charge is 0.477 e. The molecule has 0 amide bonds. The molecule has 3 aromatic heterocycles. The molecule has 24 heavy (non-hydrogen) atoms. The summed E-state index contributed by atoms with van der Waals surface area (Å²) in [5.74, 6) is 2.31. The third-order valence-electron chi connectivity index (χ3n) is 4.55. The number of nitrogens with zero attached hydrogens (tertiary/aromatic N) is 5. The topological polar surface area (TPSA) is 55.5 Å². The van der Waals surface area contributed by atoms with Crippen molar-refractivity contribution in [1.29, 1.82) is 0 Å². The van der Waals surface area contributed by atoms with Gasteiger partial charge in [0.1, 0.15) is 5.52 Å². The zero-order valence-electron chi connectivity index (χ0n) is 13.8. The number of rotatable bonds is 4. The van der Waals surface area contributed by atoms with Gasteiger partial charge < -0.3 is 9.64 Å². The molecule has 1 saturated heterocycles. The van der Waals surface area contributed by atoms with Crippen molar-refractivity contribution in [1.82, 2.24) is 19.6 Å². The molecule has 1 fully saturated rings. The Labute approximate surface area is 141 Å². The molecule has 0 radical (unpaired) electrons. The van der Waals surface area contributed by atoms with E-state index in [1.165, 1.54) is 0 Å². The van der Waals surface area contributed by atoms with Crippen LogP contribution in [0.1, 0.15) is 18.5 Å². The van der Waals surface area contributed by atoms with Crippen LogP contribution in [0.25, 0.3) is 5.52 Å². The second-order valence-corrected chi connectivity index (χ2v) is 6.27. The fourth-order valence-electron chi connectivity index (χ4n) is 3.20. The summed E-state index contributed by atoms with van der Waals surface area (Å²) in [6, 6.07) is 7.90. The molecular weight excluding hydrogens is 302 g/mol. The first-order chi connectivity index (χ1) is 11.8. The minimum absolute atomic E-state index is 0.563. The Morgan fingerprint density at radius 3 is 2.88 bits per heavy atom. The van der Waals surface area contributed by atoms with Gasteiger partial charge in [0.15, 0.2) is 5.82 Å². The van der Waals surface area contributed by atoms with Crippen LogP contribution in [0.3, 0.4) is 0 Å². The summed E-state index contributed by atoms with van der Waals surface area (Å²) >= 11 is 0. The van der Waals surface area contributed by atoms with Gasteiger partial charge in [0, 0.05) is 37.2 Å². The molecule has 0 saturated carbocycles. The molecule has 0 unspecified atom stereocenters. The molecule has 0 spiro atoms. The van der Waals surface area contributed by atoms with Crippen molar-refractivity contribution in [2.45, 2.75) is 19.8 Å². The van der Waals surface area contributed by atoms with E-state index in [9.17, 15) is 0 Å². The normalized spacial score (nSPS) is 15.8. The van der Waals surface area contributed by atoms with Gasteiger partial charge in [-0.15, -0.1) is 0 Å². The standard InChI is InChI=1S/C18H21N5O/c1-14-3-2-4-17(21-14)24-13-15-6-10-22(11-7-15)18-16-5-8-20-23(16)12-9-19-18/h2-5,8-9,12,15H,6-7,10-11,13H2,1H3. The van der Waals surface area contributed by atoms with Crippen LogP contribution in [0.2, 0.25) is 0 Å². The molecular formula is C18H21N5O. The Bertz CT molecular complexity index is 823. The van der Waals surface area contributed by atoms with Crippen molar-refractivity contribution < 1.29 is 4.74 Å². The van der Waals surface area contributed by atoms with Crippen molar-refractivity contribution in [2.75, 3.05) is 24.6 Å². The molecule has 4 heterocycles. The highest BCUT2D eigenvalue weighted by atomic mass is 16.5. The number of piperidine rings is 1. The van der Waals surface area contributed by atoms with Crippen LogP contribution in [-0.4, -0.2) is 39.3 Å². The quantitative estimate of drug-likeness (QED) is 0.739. The predicted octanol–water partition coefficient (Wildman–Crippen LogP) is 2.73. The summed E-state index contributed by atoms with van der Waals surface area (Å²) in [5.41, 5.74) is 2.05. The van der Waals surface area contributed by atoms with Crippen LogP contribution < -0.4 is 9.64 Å². The van der Waals surface area contributed by atoms with Crippen LogP contribution >= 0.6 is 0 Å². The smallest absolute Gasteiger partial charge is 0.213 e. The number of anilines is 1. The molecule has 1 aliphatic rings. The minimum Gasteiger partial charge on any atom is -0.477 e. The maximum Gasteiger partial charge on any atom is 0.213 e. The van der Waals surface area contributed by atoms with Gasteiger partial charge >= 0.3 is 0 Å². The zero-order chi connectivity index (χ0) is 16.4. The van der Waals surface area contributed by atoms with E-state index in [-0.39, 0.29) is 0 Å². The maximum absolute atomic E-state index is 5.87. The summed E-state index contributed by atoms with van der Waals surface area (Å²) < 4.78 is 7.74. The number of fused-ring (bicyclic) bond motifs is 1. The third-order valence-corrected chi connectivity index (χ3v) is 4.55. The van der Waals surface area contributed by atoms with Gasteiger partial charge in [-0.1, -0.05) is 6.07 Å². The predicted molar refractivity (Wildman–Crippen MR) is 92.4 cm³/mol. The number of pyridine rings is 1. The van der Waals surface area contributed by atoms with Gasteiger partial charge in [0.2, 0.25) is 5.88 Å². The summed E-state index contributed by atoms with van der Waals surface area (Å²) in [5, 5.41) is 4.28. The van der Waals surface area contributed by atoms with Crippen LogP contribution in [0.4, 0.5) is 5.82 Å². The average molecular weight is 323 g/mol. The first-order valence-corrected chi connectivity index (χ1v) is 8.39. The van der Waals surface area contributed by atoms with Crippen molar-refractivity contribution >= 4 is 11.3 Å². The summed E-state index contributed by atoms with van der Waals surface area (Å²) in [7, 11) is 0. The van der Waals surface area contributed by atoms with E-state index in [1.54, 1.807) is 0 Å². The second kappa shape index (κ2) is 6.47. The Kier molecular flexibility index (Phi) is 4.02. The van der Waals surface area contributed by atoms with Gasteiger partial charge in [0.25, 0.3) is 0 Å². The lowest BCUT2D eigenvalue weighted by atomic mass is 9.98. The molecule has 0 bridgehead atoms. The van der Waals surface area contributed by atoms with E-state index in [0.717, 1.165) is 55.4 Å². The molecule has 6 heteroatoms. The first kappa shape index (κ1) is 14.9. The van der Waals surface area contributed by atoms with Crippen LogP contribution in [0.15, 0.2) is 42.9 Å². The van der Waals surface area contributed by atoms with Crippen LogP contribution in [-0.2, 0) is 0 Å². The van der Waals surface area contributed by atoms with Gasteiger partial charge in [-0.3, -0.25) is 0 Å². The van der Waals surface area contributed by atoms with E-state index < -0.39 is 0 Å². The lowest BCUT2D eigenvalue weighted by Gasteiger charge is -2.32. The van der Waals surface area contributed by atoms with Gasteiger partial charge in [-0.2, -0.15) is 5.10 Å². The number of ether oxygens (including phenoxy) is 1. The Balaban J connectivity index is 1.36. The Hall–Kier alpha value is -2.63. The lowest BCUT2D eigenvalue weighted by molar-refractivity contribution is 0.215. The fraction of sp³-hybridized carbons (Fsp3) is 0.389. The number of aryl methyl sites for hydroxylation is 1. The summed E-state index contributed by atoms with van der Waals surface area (Å²) in [4.78, 5) is 11.3. The SMILES string of the molecule is Cc1cccc(OCC2CCN(c3nccn4nccc34)CC2)n1. The highest BCUT2D eigenvalue weighted by molar-refractivity contribution is 5.68. The third kappa shape index (κ3) is 3.04. The average Bonchev–Trinajstić information content (AvgIpc) is 3.09. The molecule has 0 atom stereocenters. The van der Waals surface area contributed by atoms with Gasteiger partial charge in [-0.05, 0) is 37.8 Å². The van der Waals surface area contributed by atoms with E-state index in [1.807, 2.05) is 54.3 Å². The Morgan fingerprint density at radius 2 is 2.04 bits per heavy atom. The van der Waals surface area contributed by atoms with Crippen molar-refractivity contribution in [3.63, 3.8) is 0 Å². The van der Waals surface area contributed by atoms with Gasteiger partial charge in [-0.25, -0.2) is 14.5 Å². The molecule has 6 nitrogen and oxygen atoms in total. The van der Waals surface area contributed by atoms with E-state index >= 15 is 0 Å². The monoisotopic (exact) mass is 323 g/mol. The van der Waals surface area contributed by atoms with Gasteiger partial charge in [0.05, 0.1) is 12.8 Å². The number of hydrogen-bond acceptors (Lipinski definition) is 5. The highest BCUT2D eigenvalue weighted by Gasteiger charge is 2.22. The van der Waals surface area contributed by atoms with E-state index in [4.69, 9.17) is 4.74 Å².